The zero-order valence-electron chi connectivity index (χ0n) is 17.0. The highest BCUT2D eigenvalue weighted by Gasteiger charge is 2.17. The molecular formula is C24H18Cl2N2O3S. The van der Waals surface area contributed by atoms with E-state index < -0.39 is 15.4 Å². The highest BCUT2D eigenvalue weighted by molar-refractivity contribution is 7.99. The van der Waals surface area contributed by atoms with E-state index in [1.54, 1.807) is 48.5 Å². The van der Waals surface area contributed by atoms with Gasteiger partial charge in [-0.15, -0.1) is 0 Å². The fourth-order valence-corrected chi connectivity index (χ4v) is 4.64. The molecule has 0 radical (unpaired) electrons. The molecule has 8 heteroatoms. The Balaban J connectivity index is 1.84. The molecule has 1 heterocycles. The lowest BCUT2D eigenvalue weighted by atomic mass is 9.96. The van der Waals surface area contributed by atoms with E-state index in [0.29, 0.717) is 48.5 Å². The van der Waals surface area contributed by atoms with Gasteiger partial charge in [-0.1, -0.05) is 47.5 Å². The van der Waals surface area contributed by atoms with E-state index in [-0.39, 0.29) is 5.56 Å². The van der Waals surface area contributed by atoms with Crippen LogP contribution in [-0.2, 0) is 9.52 Å². The van der Waals surface area contributed by atoms with Crippen molar-refractivity contribution < 1.29 is 13.7 Å². The number of rotatable bonds is 5. The summed E-state index contributed by atoms with van der Waals surface area (Å²) in [6, 6.07) is 17.4. The van der Waals surface area contributed by atoms with Crippen LogP contribution in [0.5, 0.6) is 11.5 Å². The van der Waals surface area contributed by atoms with Crippen LogP contribution < -0.4 is 10.5 Å². The van der Waals surface area contributed by atoms with Crippen molar-refractivity contribution in [3.63, 3.8) is 0 Å². The van der Waals surface area contributed by atoms with Crippen LogP contribution in [0.4, 0.5) is 0 Å². The third kappa shape index (κ3) is 4.43. The summed E-state index contributed by atoms with van der Waals surface area (Å²) < 4.78 is 18.3. The summed E-state index contributed by atoms with van der Waals surface area (Å²) in [5.41, 5.74) is 7.76. The third-order valence-corrected chi connectivity index (χ3v) is 6.57. The van der Waals surface area contributed by atoms with Crippen molar-refractivity contribution in [2.45, 2.75) is 4.90 Å². The highest BCUT2D eigenvalue weighted by Crippen LogP contribution is 2.36. The van der Waals surface area contributed by atoms with Gasteiger partial charge < -0.3 is 10.5 Å². The summed E-state index contributed by atoms with van der Waals surface area (Å²) in [7, 11) is -2.47. The first-order valence-electron chi connectivity index (χ1n) is 9.41. The number of halogens is 2. The van der Waals surface area contributed by atoms with Gasteiger partial charge in [-0.2, -0.15) is 0 Å². The number of carbonyl (C=O) groups is 1. The molecule has 0 spiro atoms. The number of carbonyl (C=O) groups excluding carboxylic acids is 1. The number of pyridine rings is 1. The van der Waals surface area contributed by atoms with Crippen LogP contribution >= 0.6 is 23.2 Å². The standard InChI is InChI=1S/C24H18Cl2N2O3S/c1-32(2,30)18-11-15(25)10-17(12-18)31-16-6-3-5-14(9-16)22-19-7-4-8-21(26)23(19)28-13-20(22)24(27)29/h3-13H,1H2,2H3,(H2,27,29). The minimum Gasteiger partial charge on any atom is -0.457 e. The van der Waals surface area contributed by atoms with Gasteiger partial charge in [0.25, 0.3) is 5.91 Å². The molecule has 5 nitrogen and oxygen atoms in total. The van der Waals surface area contributed by atoms with E-state index in [9.17, 15) is 9.00 Å². The largest absolute Gasteiger partial charge is 0.457 e. The number of ether oxygens (including phenoxy) is 1. The summed E-state index contributed by atoms with van der Waals surface area (Å²) >= 11 is 12.5. The van der Waals surface area contributed by atoms with Crippen LogP contribution in [-0.4, -0.2) is 27.2 Å². The number of primary amides is 1. The molecule has 0 saturated carbocycles. The molecule has 0 aliphatic rings. The minimum atomic E-state index is -2.47. The van der Waals surface area contributed by atoms with Crippen LogP contribution in [0, 0.1) is 0 Å². The van der Waals surface area contributed by atoms with E-state index in [2.05, 4.69) is 10.9 Å². The predicted molar refractivity (Wildman–Crippen MR) is 132 cm³/mol. The molecule has 162 valence electrons. The Morgan fingerprint density at radius 1 is 1.06 bits per heavy atom. The van der Waals surface area contributed by atoms with E-state index in [1.165, 1.54) is 12.5 Å². The van der Waals surface area contributed by atoms with Crippen molar-refractivity contribution in [1.82, 2.24) is 4.98 Å². The smallest absolute Gasteiger partial charge is 0.250 e. The number of para-hydroxylation sites is 1. The SMILES string of the molecule is C=S(C)(=O)c1cc(Cl)cc(Oc2cccc(-c3c(C(N)=O)cnc4c(Cl)cccc34)c2)c1. The van der Waals surface area contributed by atoms with E-state index >= 15 is 0 Å². The van der Waals surface area contributed by atoms with Crippen molar-refractivity contribution in [2.24, 2.45) is 5.73 Å². The van der Waals surface area contributed by atoms with Crippen molar-refractivity contribution in [1.29, 1.82) is 0 Å². The molecule has 0 aliphatic heterocycles. The number of aromatic nitrogens is 1. The molecule has 1 unspecified atom stereocenters. The number of benzene rings is 3. The lowest BCUT2D eigenvalue weighted by Crippen LogP contribution is -2.13. The fraction of sp³-hybridized carbons (Fsp3) is 0.0417. The van der Waals surface area contributed by atoms with Gasteiger partial charge in [0.15, 0.2) is 0 Å². The lowest BCUT2D eigenvalue weighted by Gasteiger charge is -2.14. The van der Waals surface area contributed by atoms with Gasteiger partial charge in [-0.05, 0) is 57.4 Å². The first-order valence-corrected chi connectivity index (χ1v) is 12.3. The van der Waals surface area contributed by atoms with Crippen LogP contribution in [0.3, 0.4) is 0 Å². The fourth-order valence-electron chi connectivity index (χ4n) is 3.38. The molecule has 32 heavy (non-hydrogen) atoms. The van der Waals surface area contributed by atoms with Gasteiger partial charge in [0.1, 0.15) is 11.5 Å². The molecule has 4 aromatic rings. The molecule has 0 bridgehead atoms. The molecule has 1 aromatic heterocycles. The monoisotopic (exact) mass is 484 g/mol. The molecule has 4 rings (SSSR count). The molecule has 3 aromatic carbocycles. The first kappa shape index (κ1) is 22.1. The number of nitrogens with two attached hydrogens (primary N) is 1. The van der Waals surface area contributed by atoms with E-state index in [1.807, 2.05) is 12.1 Å². The van der Waals surface area contributed by atoms with Gasteiger partial charge in [-0.25, -0.2) is 0 Å². The summed E-state index contributed by atoms with van der Waals surface area (Å²) in [5, 5.41) is 1.55. The quantitative estimate of drug-likeness (QED) is 0.362. The maximum atomic E-state index is 12.4. The maximum Gasteiger partial charge on any atom is 0.250 e. The Morgan fingerprint density at radius 3 is 2.53 bits per heavy atom. The van der Waals surface area contributed by atoms with E-state index in [4.69, 9.17) is 33.7 Å². The Bertz CT molecular complexity index is 1480. The van der Waals surface area contributed by atoms with Crippen molar-refractivity contribution in [3.05, 3.63) is 82.5 Å². The molecule has 1 atom stereocenters. The molecule has 0 saturated heterocycles. The molecule has 0 aliphatic carbocycles. The van der Waals surface area contributed by atoms with Gasteiger partial charge in [0.05, 0.1) is 16.1 Å². The number of hydrogen-bond donors (Lipinski definition) is 1. The van der Waals surface area contributed by atoms with Crippen LogP contribution in [0.2, 0.25) is 10.0 Å². The normalized spacial score (nSPS) is 13.0. The third-order valence-electron chi connectivity index (χ3n) is 4.82. The van der Waals surface area contributed by atoms with Gasteiger partial charge in [0.2, 0.25) is 0 Å². The summed E-state index contributed by atoms with van der Waals surface area (Å²) in [6.07, 6.45) is 2.96. The number of fused-ring (bicyclic) bond motifs is 1. The lowest BCUT2D eigenvalue weighted by molar-refractivity contribution is 0.100. The van der Waals surface area contributed by atoms with Crippen LogP contribution in [0.25, 0.3) is 22.0 Å². The zero-order chi connectivity index (χ0) is 23.0. The molecule has 0 fully saturated rings. The molecule has 1 amide bonds. The van der Waals surface area contributed by atoms with Gasteiger partial charge in [-0.3, -0.25) is 14.0 Å². The molecular weight excluding hydrogens is 467 g/mol. The van der Waals surface area contributed by atoms with Gasteiger partial charge in [0, 0.05) is 33.3 Å². The number of hydrogen-bond acceptors (Lipinski definition) is 4. The summed E-state index contributed by atoms with van der Waals surface area (Å²) in [5.74, 6) is 4.00. The summed E-state index contributed by atoms with van der Waals surface area (Å²) in [6.45, 7) is 0. The topological polar surface area (TPSA) is 82.3 Å². The second-order valence-corrected chi connectivity index (χ2v) is 10.6. The second-order valence-electron chi connectivity index (χ2n) is 7.30. The maximum absolute atomic E-state index is 12.4. The number of nitrogens with zero attached hydrogens (tertiary/aromatic N) is 1. The Kier molecular flexibility index (Phi) is 5.86. The van der Waals surface area contributed by atoms with Gasteiger partial charge >= 0.3 is 0 Å². The minimum absolute atomic E-state index is 0.268. The average molecular weight is 485 g/mol. The Morgan fingerprint density at radius 2 is 1.81 bits per heavy atom. The molecule has 2 N–H and O–H groups in total. The van der Waals surface area contributed by atoms with Crippen molar-refractivity contribution >= 4 is 55.4 Å². The number of amides is 1. The van der Waals surface area contributed by atoms with E-state index in [0.717, 1.165) is 0 Å². The first-order chi connectivity index (χ1) is 15.1. The summed E-state index contributed by atoms with van der Waals surface area (Å²) in [4.78, 5) is 16.9. The zero-order valence-corrected chi connectivity index (χ0v) is 19.3. The van der Waals surface area contributed by atoms with Crippen molar-refractivity contribution in [2.75, 3.05) is 6.26 Å². The predicted octanol–water partition coefficient (Wildman–Crippen LogP) is 5.80. The highest BCUT2D eigenvalue weighted by atomic mass is 35.5. The van der Waals surface area contributed by atoms with Crippen molar-refractivity contribution in [3.8, 4) is 22.6 Å². The Labute approximate surface area is 195 Å². The second kappa shape index (κ2) is 8.47. The van der Waals surface area contributed by atoms with Crippen LogP contribution in [0.1, 0.15) is 10.4 Å². The Hall–Kier alpha value is -3.06. The average Bonchev–Trinajstić information content (AvgIpc) is 2.72. The van der Waals surface area contributed by atoms with Crippen LogP contribution in [0.15, 0.2) is 71.8 Å².